The molecule has 1 fully saturated rings. The van der Waals surface area contributed by atoms with Crippen molar-refractivity contribution in [1.29, 1.82) is 0 Å². The van der Waals surface area contributed by atoms with Crippen LogP contribution in [0.3, 0.4) is 0 Å². The van der Waals surface area contributed by atoms with E-state index < -0.39 is 6.04 Å². The monoisotopic (exact) mass is 235 g/mol. The van der Waals surface area contributed by atoms with Crippen molar-refractivity contribution >= 4 is 5.91 Å². The highest BCUT2D eigenvalue weighted by Gasteiger charge is 2.19. The van der Waals surface area contributed by atoms with Crippen LogP contribution in [0.5, 0.6) is 0 Å². The summed E-state index contributed by atoms with van der Waals surface area (Å²) in [5, 5.41) is 1.84. The van der Waals surface area contributed by atoms with Crippen molar-refractivity contribution in [2.24, 2.45) is 5.73 Å². The highest BCUT2D eigenvalue weighted by molar-refractivity contribution is 5.82. The van der Waals surface area contributed by atoms with E-state index in [0.717, 1.165) is 5.56 Å². The topological polar surface area (TPSA) is 67.6 Å². The van der Waals surface area contributed by atoms with Gasteiger partial charge in [-0.2, -0.15) is 0 Å². The summed E-state index contributed by atoms with van der Waals surface area (Å²) in [6, 6.07) is 8.72. The number of carbonyl (C=O) groups is 1. The lowest BCUT2D eigenvalue weighted by molar-refractivity contribution is -0.129. The van der Waals surface area contributed by atoms with Gasteiger partial charge in [-0.15, -0.1) is 0 Å². The van der Waals surface area contributed by atoms with Crippen LogP contribution in [0, 0.1) is 0 Å². The standard InChI is InChI=1S/C12H17N3O2/c13-11(10-4-2-1-3-5-10)12(16)14-15-6-8-17-9-7-15/h1-5,11H,6-9,13H2,(H,14,16)/t11-/m1/s1. The molecule has 0 aliphatic carbocycles. The molecule has 5 nitrogen and oxygen atoms in total. The number of benzene rings is 1. The maximum Gasteiger partial charge on any atom is 0.255 e. The molecule has 1 aromatic carbocycles. The van der Waals surface area contributed by atoms with Gasteiger partial charge in [-0.3, -0.25) is 10.2 Å². The van der Waals surface area contributed by atoms with Crippen LogP contribution in [0.1, 0.15) is 11.6 Å². The van der Waals surface area contributed by atoms with Gasteiger partial charge in [0.1, 0.15) is 6.04 Å². The number of nitrogens with two attached hydrogens (primary N) is 1. The van der Waals surface area contributed by atoms with Gasteiger partial charge in [-0.25, -0.2) is 5.01 Å². The SMILES string of the molecule is N[C@@H](C(=O)NN1CCOCC1)c1ccccc1. The molecule has 0 aromatic heterocycles. The molecule has 1 aromatic rings. The van der Waals surface area contributed by atoms with Crippen molar-refractivity contribution in [1.82, 2.24) is 10.4 Å². The van der Waals surface area contributed by atoms with E-state index in [1.807, 2.05) is 35.3 Å². The van der Waals surface area contributed by atoms with Gasteiger partial charge in [0.15, 0.2) is 0 Å². The number of carbonyl (C=O) groups excluding carboxylic acids is 1. The van der Waals surface area contributed by atoms with E-state index in [0.29, 0.717) is 26.3 Å². The number of hydrogen-bond donors (Lipinski definition) is 2. The molecule has 1 saturated heterocycles. The second kappa shape index (κ2) is 5.77. The third-order valence-electron chi connectivity index (χ3n) is 2.72. The second-order valence-electron chi connectivity index (χ2n) is 3.96. The summed E-state index contributed by atoms with van der Waals surface area (Å²) in [4.78, 5) is 11.9. The smallest absolute Gasteiger partial charge is 0.255 e. The Labute approximate surface area is 101 Å². The van der Waals surface area contributed by atoms with Crippen molar-refractivity contribution < 1.29 is 9.53 Å². The number of hydrogen-bond acceptors (Lipinski definition) is 4. The van der Waals surface area contributed by atoms with E-state index in [4.69, 9.17) is 10.5 Å². The molecular weight excluding hydrogens is 218 g/mol. The van der Waals surface area contributed by atoms with Gasteiger partial charge >= 0.3 is 0 Å². The summed E-state index contributed by atoms with van der Waals surface area (Å²) in [5.74, 6) is -0.182. The van der Waals surface area contributed by atoms with Crippen LogP contribution < -0.4 is 11.2 Å². The van der Waals surface area contributed by atoms with Crippen molar-refractivity contribution in [3.05, 3.63) is 35.9 Å². The van der Waals surface area contributed by atoms with Crippen molar-refractivity contribution in [2.75, 3.05) is 26.3 Å². The van der Waals surface area contributed by atoms with Gasteiger partial charge in [0, 0.05) is 13.1 Å². The van der Waals surface area contributed by atoms with E-state index in [2.05, 4.69) is 5.43 Å². The summed E-state index contributed by atoms with van der Waals surface area (Å²) in [5.41, 5.74) is 9.51. The Morgan fingerprint density at radius 3 is 2.59 bits per heavy atom. The van der Waals surface area contributed by atoms with Crippen LogP contribution in [0.2, 0.25) is 0 Å². The van der Waals surface area contributed by atoms with Gasteiger partial charge < -0.3 is 10.5 Å². The van der Waals surface area contributed by atoms with E-state index in [1.165, 1.54) is 0 Å². The Balaban J connectivity index is 1.91. The molecule has 5 heteroatoms. The largest absolute Gasteiger partial charge is 0.379 e. The van der Waals surface area contributed by atoms with Crippen LogP contribution in [0.4, 0.5) is 0 Å². The summed E-state index contributed by atoms with van der Waals surface area (Å²) in [6.07, 6.45) is 0. The molecule has 92 valence electrons. The number of hydrazine groups is 1. The average Bonchev–Trinajstić information content (AvgIpc) is 2.40. The average molecular weight is 235 g/mol. The van der Waals surface area contributed by atoms with E-state index in [9.17, 15) is 4.79 Å². The molecule has 0 radical (unpaired) electrons. The molecule has 17 heavy (non-hydrogen) atoms. The highest BCUT2D eigenvalue weighted by Crippen LogP contribution is 2.09. The lowest BCUT2D eigenvalue weighted by Crippen LogP contribution is -2.50. The maximum atomic E-state index is 11.9. The Morgan fingerprint density at radius 2 is 1.94 bits per heavy atom. The molecule has 0 bridgehead atoms. The van der Waals surface area contributed by atoms with Gasteiger partial charge in [-0.05, 0) is 5.56 Å². The molecule has 1 aliphatic rings. The van der Waals surface area contributed by atoms with E-state index in [1.54, 1.807) is 0 Å². The van der Waals surface area contributed by atoms with Crippen LogP contribution in [-0.4, -0.2) is 37.2 Å². The first kappa shape index (κ1) is 12.0. The molecule has 1 aliphatic heterocycles. The third-order valence-corrected chi connectivity index (χ3v) is 2.72. The fourth-order valence-corrected chi connectivity index (χ4v) is 1.71. The van der Waals surface area contributed by atoms with Crippen LogP contribution in [-0.2, 0) is 9.53 Å². The van der Waals surface area contributed by atoms with Crippen LogP contribution in [0.15, 0.2) is 30.3 Å². The molecule has 1 heterocycles. The number of rotatable bonds is 3. The Morgan fingerprint density at radius 1 is 1.29 bits per heavy atom. The van der Waals surface area contributed by atoms with Crippen LogP contribution >= 0.6 is 0 Å². The van der Waals surface area contributed by atoms with E-state index >= 15 is 0 Å². The molecule has 0 spiro atoms. The molecule has 2 rings (SSSR count). The van der Waals surface area contributed by atoms with Crippen molar-refractivity contribution in [3.8, 4) is 0 Å². The van der Waals surface area contributed by atoms with Crippen molar-refractivity contribution in [2.45, 2.75) is 6.04 Å². The van der Waals surface area contributed by atoms with Gasteiger partial charge in [0.2, 0.25) is 0 Å². The molecule has 3 N–H and O–H groups in total. The summed E-state index contributed by atoms with van der Waals surface area (Å²) in [6.45, 7) is 2.68. The number of morpholine rings is 1. The zero-order chi connectivity index (χ0) is 12.1. The van der Waals surface area contributed by atoms with Gasteiger partial charge in [0.25, 0.3) is 5.91 Å². The first-order valence-corrected chi connectivity index (χ1v) is 5.71. The predicted octanol–water partition coefficient (Wildman–Crippen LogP) is 0.0498. The zero-order valence-corrected chi connectivity index (χ0v) is 9.63. The quantitative estimate of drug-likeness (QED) is 0.777. The Kier molecular flexibility index (Phi) is 4.08. The maximum absolute atomic E-state index is 11.9. The summed E-state index contributed by atoms with van der Waals surface area (Å²) in [7, 11) is 0. The molecule has 1 atom stereocenters. The number of amides is 1. The second-order valence-corrected chi connectivity index (χ2v) is 3.96. The first-order chi connectivity index (χ1) is 8.27. The minimum atomic E-state index is -0.626. The van der Waals surface area contributed by atoms with Crippen LogP contribution in [0.25, 0.3) is 0 Å². The fourth-order valence-electron chi connectivity index (χ4n) is 1.71. The van der Waals surface area contributed by atoms with E-state index in [-0.39, 0.29) is 5.91 Å². The van der Waals surface area contributed by atoms with Gasteiger partial charge in [-0.1, -0.05) is 30.3 Å². The number of nitrogens with zero attached hydrogens (tertiary/aromatic N) is 1. The molecule has 0 unspecified atom stereocenters. The Bertz CT molecular complexity index is 363. The Hall–Kier alpha value is -1.43. The minimum absolute atomic E-state index is 0.182. The third kappa shape index (κ3) is 3.26. The first-order valence-electron chi connectivity index (χ1n) is 5.71. The molecular formula is C12H17N3O2. The minimum Gasteiger partial charge on any atom is -0.379 e. The van der Waals surface area contributed by atoms with Gasteiger partial charge in [0.05, 0.1) is 13.2 Å². The highest BCUT2D eigenvalue weighted by atomic mass is 16.5. The molecule has 1 amide bonds. The lowest BCUT2D eigenvalue weighted by Gasteiger charge is -2.28. The fraction of sp³-hybridized carbons (Fsp3) is 0.417. The molecule has 0 saturated carbocycles. The predicted molar refractivity (Wildman–Crippen MR) is 63.9 cm³/mol. The van der Waals surface area contributed by atoms with Crippen molar-refractivity contribution in [3.63, 3.8) is 0 Å². The summed E-state index contributed by atoms with van der Waals surface area (Å²) < 4.78 is 5.20. The number of ether oxygens (including phenoxy) is 1. The normalized spacial score (nSPS) is 18.6. The lowest BCUT2D eigenvalue weighted by atomic mass is 10.1. The number of nitrogens with one attached hydrogen (secondary N) is 1. The summed E-state index contributed by atoms with van der Waals surface area (Å²) >= 11 is 0. The zero-order valence-electron chi connectivity index (χ0n) is 9.63.